The highest BCUT2D eigenvalue weighted by atomic mass is 79.9. The molecule has 102 valence electrons. The Bertz CT molecular complexity index is 580. The summed E-state index contributed by atoms with van der Waals surface area (Å²) < 4.78 is 6.27. The van der Waals surface area contributed by atoms with Crippen molar-refractivity contribution in [1.29, 1.82) is 0 Å². The summed E-state index contributed by atoms with van der Waals surface area (Å²) >= 11 is 4.97. The second kappa shape index (κ2) is 5.04. The van der Waals surface area contributed by atoms with E-state index in [0.717, 1.165) is 34.0 Å². The fourth-order valence-electron chi connectivity index (χ4n) is 2.85. The molecule has 2 N–H and O–H groups in total. The highest BCUT2D eigenvalue weighted by Crippen LogP contribution is 2.40. The van der Waals surface area contributed by atoms with Gasteiger partial charge in [0.15, 0.2) is 10.4 Å². The summed E-state index contributed by atoms with van der Waals surface area (Å²) in [6.45, 7) is 2.28. The number of aromatic nitrogens is 1. The molecule has 2 unspecified atom stereocenters. The summed E-state index contributed by atoms with van der Waals surface area (Å²) in [7, 11) is 0. The van der Waals surface area contributed by atoms with Gasteiger partial charge in [0.2, 0.25) is 0 Å². The van der Waals surface area contributed by atoms with Gasteiger partial charge in [-0.25, -0.2) is 4.98 Å². The smallest absolute Gasteiger partial charge is 0.169 e. The maximum absolute atomic E-state index is 6.58. The van der Waals surface area contributed by atoms with Crippen molar-refractivity contribution in [3.05, 3.63) is 27.2 Å². The van der Waals surface area contributed by atoms with Crippen molar-refractivity contribution >= 4 is 27.3 Å². The van der Waals surface area contributed by atoms with Gasteiger partial charge in [0.25, 0.3) is 0 Å². The molecule has 3 nitrogen and oxygen atoms in total. The molecule has 1 fully saturated rings. The van der Waals surface area contributed by atoms with Crippen molar-refractivity contribution in [3.63, 3.8) is 0 Å². The molecule has 1 aliphatic rings. The van der Waals surface area contributed by atoms with E-state index in [2.05, 4.69) is 22.9 Å². The monoisotopic (exact) mass is 340 g/mol. The fourth-order valence-corrected chi connectivity index (χ4v) is 4.12. The van der Waals surface area contributed by atoms with Gasteiger partial charge in [-0.1, -0.05) is 19.8 Å². The molecule has 0 spiro atoms. The molecule has 2 aromatic heterocycles. The van der Waals surface area contributed by atoms with E-state index in [9.17, 15) is 0 Å². The minimum atomic E-state index is -0.246. The first kappa shape index (κ1) is 13.3. The van der Waals surface area contributed by atoms with E-state index in [4.69, 9.17) is 15.1 Å². The summed E-state index contributed by atoms with van der Waals surface area (Å²) in [5.41, 5.74) is 7.21. The Balaban J connectivity index is 1.88. The van der Waals surface area contributed by atoms with E-state index in [1.54, 1.807) is 11.3 Å². The van der Waals surface area contributed by atoms with Gasteiger partial charge in [-0.05, 0) is 46.8 Å². The van der Waals surface area contributed by atoms with Crippen molar-refractivity contribution in [3.8, 4) is 11.5 Å². The lowest BCUT2D eigenvalue weighted by Crippen LogP contribution is -2.40. The van der Waals surface area contributed by atoms with Crippen LogP contribution in [-0.4, -0.2) is 4.98 Å². The van der Waals surface area contributed by atoms with Crippen LogP contribution < -0.4 is 5.73 Å². The van der Waals surface area contributed by atoms with E-state index in [-0.39, 0.29) is 5.54 Å². The van der Waals surface area contributed by atoms with Gasteiger partial charge in [0.05, 0.1) is 5.54 Å². The fraction of sp³-hybridized carbons (Fsp3) is 0.500. The lowest BCUT2D eigenvalue weighted by atomic mass is 9.77. The topological polar surface area (TPSA) is 52.0 Å². The molecule has 2 aromatic rings. The van der Waals surface area contributed by atoms with E-state index >= 15 is 0 Å². The van der Waals surface area contributed by atoms with Crippen molar-refractivity contribution in [2.45, 2.75) is 38.1 Å². The lowest BCUT2D eigenvalue weighted by molar-refractivity contribution is 0.238. The van der Waals surface area contributed by atoms with Crippen LogP contribution in [0, 0.1) is 5.92 Å². The third-order valence-electron chi connectivity index (χ3n) is 3.79. The van der Waals surface area contributed by atoms with Crippen LogP contribution in [0.25, 0.3) is 11.5 Å². The molecule has 2 atom stereocenters. The maximum atomic E-state index is 6.58. The predicted octanol–water partition coefficient (Wildman–Crippen LogP) is 4.53. The predicted molar refractivity (Wildman–Crippen MR) is 81.0 cm³/mol. The van der Waals surface area contributed by atoms with Gasteiger partial charge in [0.1, 0.15) is 10.7 Å². The van der Waals surface area contributed by atoms with Crippen LogP contribution in [0.3, 0.4) is 0 Å². The third-order valence-corrected chi connectivity index (χ3v) is 5.28. The van der Waals surface area contributed by atoms with Crippen LogP contribution in [0.1, 0.15) is 37.6 Å². The van der Waals surface area contributed by atoms with Crippen molar-refractivity contribution in [2.75, 3.05) is 0 Å². The van der Waals surface area contributed by atoms with Crippen LogP contribution in [0.15, 0.2) is 26.6 Å². The summed E-state index contributed by atoms with van der Waals surface area (Å²) in [6, 6.07) is 3.81. The molecule has 0 bridgehead atoms. The molecule has 0 aromatic carbocycles. The SMILES string of the molecule is CC1CCCC(N)(c2nc(-c3ccc(Br)o3)cs2)C1. The Labute approximate surface area is 125 Å². The number of thiazole rings is 1. The van der Waals surface area contributed by atoms with Crippen LogP contribution >= 0.6 is 27.3 Å². The van der Waals surface area contributed by atoms with Crippen molar-refractivity contribution in [1.82, 2.24) is 4.98 Å². The first-order chi connectivity index (χ1) is 9.07. The highest BCUT2D eigenvalue weighted by molar-refractivity contribution is 9.10. The van der Waals surface area contributed by atoms with E-state index < -0.39 is 0 Å². The normalized spacial score (nSPS) is 27.6. The second-order valence-corrected chi connectivity index (χ2v) is 7.14. The van der Waals surface area contributed by atoms with Gasteiger partial charge in [-0.3, -0.25) is 0 Å². The quantitative estimate of drug-likeness (QED) is 0.873. The summed E-state index contributed by atoms with van der Waals surface area (Å²) in [6.07, 6.45) is 4.54. The van der Waals surface area contributed by atoms with Crippen LogP contribution in [-0.2, 0) is 5.54 Å². The van der Waals surface area contributed by atoms with Crippen LogP contribution in [0.5, 0.6) is 0 Å². The number of hydrogen-bond acceptors (Lipinski definition) is 4. The number of halogens is 1. The standard InChI is InChI=1S/C14H17BrN2OS/c1-9-3-2-6-14(16,7-9)13-17-10(8-19-13)11-4-5-12(15)18-11/h4-5,8-9H,2-3,6-7,16H2,1H3. The molecule has 19 heavy (non-hydrogen) atoms. The van der Waals surface area contributed by atoms with Crippen LogP contribution in [0.4, 0.5) is 0 Å². The molecule has 0 amide bonds. The first-order valence-corrected chi connectivity index (χ1v) is 8.25. The molecular weight excluding hydrogens is 324 g/mol. The molecule has 1 aliphatic carbocycles. The highest BCUT2D eigenvalue weighted by Gasteiger charge is 2.35. The minimum Gasteiger partial charge on any atom is -0.448 e. The molecule has 3 rings (SSSR count). The van der Waals surface area contributed by atoms with E-state index in [1.165, 1.54) is 12.8 Å². The van der Waals surface area contributed by atoms with Gasteiger partial charge < -0.3 is 10.2 Å². The molecule has 5 heteroatoms. The van der Waals surface area contributed by atoms with Crippen molar-refractivity contribution in [2.24, 2.45) is 11.7 Å². The van der Waals surface area contributed by atoms with E-state index in [1.807, 2.05) is 17.5 Å². The zero-order chi connectivity index (χ0) is 13.5. The number of hydrogen-bond donors (Lipinski definition) is 1. The molecule has 0 saturated heterocycles. The summed E-state index contributed by atoms with van der Waals surface area (Å²) in [5, 5.41) is 3.08. The molecular formula is C14H17BrN2OS. The molecule has 0 aliphatic heterocycles. The Kier molecular flexibility index (Phi) is 3.53. The minimum absolute atomic E-state index is 0.246. The Morgan fingerprint density at radius 2 is 2.37 bits per heavy atom. The van der Waals surface area contributed by atoms with Gasteiger partial charge >= 0.3 is 0 Å². The Morgan fingerprint density at radius 3 is 3.05 bits per heavy atom. The summed E-state index contributed by atoms with van der Waals surface area (Å²) in [5.74, 6) is 1.48. The number of nitrogens with two attached hydrogens (primary N) is 1. The average molecular weight is 341 g/mol. The first-order valence-electron chi connectivity index (χ1n) is 6.57. The average Bonchev–Trinajstić information content (AvgIpc) is 2.96. The van der Waals surface area contributed by atoms with Crippen LogP contribution in [0.2, 0.25) is 0 Å². The molecule has 0 radical (unpaired) electrons. The zero-order valence-electron chi connectivity index (χ0n) is 10.9. The van der Waals surface area contributed by atoms with Gasteiger partial charge in [-0.15, -0.1) is 11.3 Å². The van der Waals surface area contributed by atoms with E-state index in [0.29, 0.717) is 5.92 Å². The second-order valence-electron chi connectivity index (χ2n) is 5.50. The molecule has 2 heterocycles. The third kappa shape index (κ3) is 2.64. The summed E-state index contributed by atoms with van der Waals surface area (Å²) in [4.78, 5) is 4.70. The molecule has 1 saturated carbocycles. The largest absolute Gasteiger partial charge is 0.448 e. The maximum Gasteiger partial charge on any atom is 0.169 e. The Morgan fingerprint density at radius 1 is 1.53 bits per heavy atom. The number of furan rings is 1. The van der Waals surface area contributed by atoms with Gasteiger partial charge in [-0.2, -0.15) is 0 Å². The number of rotatable bonds is 2. The zero-order valence-corrected chi connectivity index (χ0v) is 13.3. The van der Waals surface area contributed by atoms with Crippen molar-refractivity contribution < 1.29 is 4.42 Å². The van der Waals surface area contributed by atoms with Gasteiger partial charge in [0, 0.05) is 5.38 Å². The lowest BCUT2D eigenvalue weighted by Gasteiger charge is -2.35. The Hall–Kier alpha value is -0.650. The number of nitrogens with zero attached hydrogens (tertiary/aromatic N) is 1.